The minimum absolute atomic E-state index is 0.118. The van der Waals surface area contributed by atoms with Gasteiger partial charge >= 0.3 is 11.7 Å². The zero-order chi connectivity index (χ0) is 12.7. The standard InChI is InChI=1S/C6H8N4O4.C2H6/c1-2-14-6(11)5-4(10(12)13)3-9(7)8-5;1-2/h3H,2,7H2,1H3;1-2H3. The van der Waals surface area contributed by atoms with E-state index in [0.717, 1.165) is 6.20 Å². The van der Waals surface area contributed by atoms with Gasteiger partial charge in [0.15, 0.2) is 0 Å². The maximum Gasteiger partial charge on any atom is 0.366 e. The summed E-state index contributed by atoms with van der Waals surface area (Å²) in [4.78, 5) is 21.5. The smallest absolute Gasteiger partial charge is 0.366 e. The summed E-state index contributed by atoms with van der Waals surface area (Å²) in [6.45, 7) is 5.70. The monoisotopic (exact) mass is 230 g/mol. The minimum Gasteiger partial charge on any atom is -0.461 e. The molecular weight excluding hydrogens is 216 g/mol. The number of aromatic nitrogens is 2. The Hall–Kier alpha value is -2.12. The lowest BCUT2D eigenvalue weighted by atomic mass is 10.4. The molecule has 0 bridgehead atoms. The van der Waals surface area contributed by atoms with Crippen LogP contribution in [0.15, 0.2) is 6.20 Å². The molecule has 0 unspecified atom stereocenters. The predicted octanol–water partition coefficient (Wildman–Crippen LogP) is 0.708. The molecule has 0 aliphatic heterocycles. The number of rotatable bonds is 3. The Morgan fingerprint density at radius 3 is 2.69 bits per heavy atom. The van der Waals surface area contributed by atoms with E-state index in [1.807, 2.05) is 13.8 Å². The Labute approximate surface area is 92.1 Å². The average molecular weight is 230 g/mol. The number of hydrogen-bond donors (Lipinski definition) is 1. The number of ether oxygens (including phenoxy) is 1. The van der Waals surface area contributed by atoms with Crippen molar-refractivity contribution in [3.05, 3.63) is 22.0 Å². The summed E-state index contributed by atoms with van der Waals surface area (Å²) in [5, 5.41) is 13.9. The molecule has 0 fully saturated rings. The predicted molar refractivity (Wildman–Crippen MR) is 56.3 cm³/mol. The maximum atomic E-state index is 11.1. The van der Waals surface area contributed by atoms with Crippen LogP contribution in [0.4, 0.5) is 5.69 Å². The van der Waals surface area contributed by atoms with E-state index in [4.69, 9.17) is 5.84 Å². The topological polar surface area (TPSA) is 113 Å². The van der Waals surface area contributed by atoms with Gasteiger partial charge in [-0.05, 0) is 6.92 Å². The molecule has 0 aromatic carbocycles. The third-order valence-electron chi connectivity index (χ3n) is 1.38. The van der Waals surface area contributed by atoms with Gasteiger partial charge in [0.25, 0.3) is 0 Å². The number of carbonyl (C=O) groups excluding carboxylic acids is 1. The van der Waals surface area contributed by atoms with Crippen molar-refractivity contribution in [3.8, 4) is 0 Å². The van der Waals surface area contributed by atoms with E-state index in [1.54, 1.807) is 6.92 Å². The Morgan fingerprint density at radius 1 is 1.69 bits per heavy atom. The van der Waals surface area contributed by atoms with E-state index < -0.39 is 16.6 Å². The first kappa shape index (κ1) is 13.9. The summed E-state index contributed by atoms with van der Waals surface area (Å²) < 4.78 is 4.56. The molecule has 0 amide bonds. The van der Waals surface area contributed by atoms with Crippen LogP contribution in [0.3, 0.4) is 0 Å². The molecule has 0 radical (unpaired) electrons. The van der Waals surface area contributed by atoms with Crippen LogP contribution in [0.2, 0.25) is 0 Å². The summed E-state index contributed by atoms with van der Waals surface area (Å²) in [7, 11) is 0. The van der Waals surface area contributed by atoms with Gasteiger partial charge in [0.1, 0.15) is 6.20 Å². The van der Waals surface area contributed by atoms with Crippen molar-refractivity contribution in [2.24, 2.45) is 0 Å². The van der Waals surface area contributed by atoms with E-state index in [0.29, 0.717) is 4.79 Å². The first-order valence-corrected chi connectivity index (χ1v) is 4.72. The van der Waals surface area contributed by atoms with Crippen LogP contribution in [0.25, 0.3) is 0 Å². The van der Waals surface area contributed by atoms with Gasteiger partial charge in [-0.15, -0.1) is 5.10 Å². The first-order chi connectivity index (χ1) is 7.56. The highest BCUT2D eigenvalue weighted by molar-refractivity contribution is 5.91. The van der Waals surface area contributed by atoms with Crippen molar-refractivity contribution < 1.29 is 14.5 Å². The van der Waals surface area contributed by atoms with E-state index >= 15 is 0 Å². The quantitative estimate of drug-likeness (QED) is 0.354. The average Bonchev–Trinajstić information content (AvgIpc) is 2.64. The molecule has 16 heavy (non-hydrogen) atoms. The van der Waals surface area contributed by atoms with Crippen LogP contribution in [-0.2, 0) is 4.74 Å². The Balaban J connectivity index is 0.00000106. The summed E-state index contributed by atoms with van der Waals surface area (Å²) in [5.41, 5.74) is -0.856. The second-order valence-corrected chi connectivity index (χ2v) is 2.32. The summed E-state index contributed by atoms with van der Waals surface area (Å²) in [6.07, 6.45) is 0.937. The maximum absolute atomic E-state index is 11.1. The van der Waals surface area contributed by atoms with Crippen molar-refractivity contribution in [2.45, 2.75) is 20.8 Å². The molecule has 1 aromatic heterocycles. The third-order valence-corrected chi connectivity index (χ3v) is 1.38. The fourth-order valence-corrected chi connectivity index (χ4v) is 0.860. The van der Waals surface area contributed by atoms with E-state index in [-0.39, 0.29) is 12.3 Å². The van der Waals surface area contributed by atoms with Crippen LogP contribution < -0.4 is 5.84 Å². The molecule has 0 atom stereocenters. The SMILES string of the molecule is CC.CCOC(=O)c1nn(N)cc1[N+](=O)[O-]. The first-order valence-electron chi connectivity index (χ1n) is 4.72. The number of esters is 1. The van der Waals surface area contributed by atoms with Gasteiger partial charge in [0.2, 0.25) is 5.69 Å². The molecule has 0 aliphatic carbocycles. The number of nitro groups is 1. The van der Waals surface area contributed by atoms with Crippen LogP contribution in [0, 0.1) is 10.1 Å². The molecule has 0 saturated heterocycles. The molecule has 0 aliphatic rings. The second-order valence-electron chi connectivity index (χ2n) is 2.32. The Kier molecular flexibility index (Phi) is 5.53. The Morgan fingerprint density at radius 2 is 2.25 bits per heavy atom. The van der Waals surface area contributed by atoms with Gasteiger partial charge in [-0.1, -0.05) is 13.8 Å². The van der Waals surface area contributed by atoms with E-state index in [1.165, 1.54) is 0 Å². The lowest BCUT2D eigenvalue weighted by Crippen LogP contribution is -2.12. The van der Waals surface area contributed by atoms with Crippen molar-refractivity contribution in [1.29, 1.82) is 0 Å². The second kappa shape index (κ2) is 6.38. The molecule has 1 rings (SSSR count). The molecule has 1 aromatic rings. The molecule has 8 nitrogen and oxygen atoms in total. The lowest BCUT2D eigenvalue weighted by molar-refractivity contribution is -0.385. The number of nitrogens with zero attached hydrogens (tertiary/aromatic N) is 3. The van der Waals surface area contributed by atoms with Crippen molar-refractivity contribution in [1.82, 2.24) is 9.89 Å². The number of nitrogen functional groups attached to an aromatic ring is 1. The number of carbonyl (C=O) groups is 1. The summed E-state index contributed by atoms with van der Waals surface area (Å²) >= 11 is 0. The van der Waals surface area contributed by atoms with Crippen LogP contribution >= 0.6 is 0 Å². The van der Waals surface area contributed by atoms with Gasteiger partial charge in [0, 0.05) is 0 Å². The number of nitrogens with two attached hydrogens (primary N) is 1. The van der Waals surface area contributed by atoms with Crippen molar-refractivity contribution in [2.75, 3.05) is 12.4 Å². The highest BCUT2D eigenvalue weighted by Crippen LogP contribution is 2.16. The normalized spacial score (nSPS) is 8.94. The molecule has 8 heteroatoms. The van der Waals surface area contributed by atoms with Gasteiger partial charge < -0.3 is 10.6 Å². The third kappa shape index (κ3) is 3.23. The van der Waals surface area contributed by atoms with Crippen LogP contribution in [0.5, 0.6) is 0 Å². The zero-order valence-electron chi connectivity index (χ0n) is 9.34. The van der Waals surface area contributed by atoms with Crippen LogP contribution in [-0.4, -0.2) is 27.4 Å². The molecule has 90 valence electrons. The molecular formula is C8H14N4O4. The fraction of sp³-hybridized carbons (Fsp3) is 0.500. The zero-order valence-corrected chi connectivity index (χ0v) is 9.34. The van der Waals surface area contributed by atoms with Crippen LogP contribution in [0.1, 0.15) is 31.3 Å². The van der Waals surface area contributed by atoms with Gasteiger partial charge in [-0.25, -0.2) is 4.79 Å². The molecule has 0 spiro atoms. The molecule has 2 N–H and O–H groups in total. The van der Waals surface area contributed by atoms with Gasteiger partial charge in [-0.3, -0.25) is 10.1 Å². The fourth-order valence-electron chi connectivity index (χ4n) is 0.860. The summed E-state index contributed by atoms with van der Waals surface area (Å²) in [5.74, 6) is 4.29. The van der Waals surface area contributed by atoms with E-state index in [9.17, 15) is 14.9 Å². The largest absolute Gasteiger partial charge is 0.461 e. The van der Waals surface area contributed by atoms with Gasteiger partial charge in [-0.2, -0.15) is 4.79 Å². The van der Waals surface area contributed by atoms with Crippen molar-refractivity contribution in [3.63, 3.8) is 0 Å². The molecule has 0 saturated carbocycles. The minimum atomic E-state index is -0.858. The Bertz CT molecular complexity index is 374. The lowest BCUT2D eigenvalue weighted by Gasteiger charge is -1.96. The van der Waals surface area contributed by atoms with Gasteiger partial charge in [0.05, 0.1) is 11.5 Å². The van der Waals surface area contributed by atoms with E-state index in [2.05, 4.69) is 9.84 Å². The van der Waals surface area contributed by atoms with Crippen molar-refractivity contribution >= 4 is 11.7 Å². The number of hydrogen-bond acceptors (Lipinski definition) is 6. The highest BCUT2D eigenvalue weighted by Gasteiger charge is 2.26. The highest BCUT2D eigenvalue weighted by atomic mass is 16.6. The molecule has 1 heterocycles. The summed E-state index contributed by atoms with van der Waals surface area (Å²) in [6, 6.07) is 0.